The molecule has 0 aliphatic heterocycles. The lowest BCUT2D eigenvalue weighted by Gasteiger charge is -2.20. The van der Waals surface area contributed by atoms with Crippen molar-refractivity contribution in [2.75, 3.05) is 0 Å². The molecule has 0 fully saturated rings. The third-order valence-corrected chi connectivity index (χ3v) is 2.96. The normalized spacial score (nSPS) is 11.6. The first kappa shape index (κ1) is 13.0. The highest BCUT2D eigenvalue weighted by atomic mass is 16.1. The maximum atomic E-state index is 11.0. The van der Waals surface area contributed by atoms with Crippen LogP contribution in [0.15, 0.2) is 18.2 Å². The van der Waals surface area contributed by atoms with Gasteiger partial charge in [-0.25, -0.2) is 0 Å². The second-order valence-corrected chi connectivity index (χ2v) is 5.59. The van der Waals surface area contributed by atoms with Crippen molar-refractivity contribution in [3.63, 3.8) is 0 Å². The van der Waals surface area contributed by atoms with Crippen LogP contribution in [-0.4, -0.2) is 5.78 Å². The Balaban J connectivity index is 2.88. The van der Waals surface area contributed by atoms with E-state index in [1.165, 1.54) is 16.7 Å². The molecule has 88 valence electrons. The van der Waals surface area contributed by atoms with E-state index >= 15 is 0 Å². The molecule has 0 saturated carbocycles. The molecular formula is C15H22O. The molecule has 0 saturated heterocycles. The second-order valence-electron chi connectivity index (χ2n) is 5.59. The summed E-state index contributed by atoms with van der Waals surface area (Å²) in [5, 5.41) is 0. The van der Waals surface area contributed by atoms with Crippen LogP contribution in [0.4, 0.5) is 0 Å². The van der Waals surface area contributed by atoms with Crippen molar-refractivity contribution in [3.05, 3.63) is 34.9 Å². The zero-order chi connectivity index (χ0) is 12.3. The average Bonchev–Trinajstić information content (AvgIpc) is 2.14. The van der Waals surface area contributed by atoms with Crippen molar-refractivity contribution in [3.8, 4) is 0 Å². The van der Waals surface area contributed by atoms with Gasteiger partial charge in [0.15, 0.2) is 0 Å². The standard InChI is InChI=1S/C15H22O/c1-11-10-14(15(3,4)5)9-8-13(11)7-6-12(2)16/h8-10H,6-7H2,1-5H3. The van der Waals surface area contributed by atoms with Gasteiger partial charge in [0.1, 0.15) is 5.78 Å². The number of hydrogen-bond donors (Lipinski definition) is 0. The summed E-state index contributed by atoms with van der Waals surface area (Å²) in [7, 11) is 0. The van der Waals surface area contributed by atoms with Gasteiger partial charge in [0.05, 0.1) is 0 Å². The van der Waals surface area contributed by atoms with E-state index in [1.807, 2.05) is 0 Å². The Bertz CT molecular complexity index is 383. The van der Waals surface area contributed by atoms with Crippen molar-refractivity contribution in [2.24, 2.45) is 0 Å². The van der Waals surface area contributed by atoms with Crippen LogP contribution < -0.4 is 0 Å². The van der Waals surface area contributed by atoms with E-state index in [1.54, 1.807) is 6.92 Å². The Morgan fingerprint density at radius 1 is 1.25 bits per heavy atom. The molecule has 0 aromatic heterocycles. The van der Waals surface area contributed by atoms with Gasteiger partial charge in [-0.3, -0.25) is 0 Å². The van der Waals surface area contributed by atoms with E-state index in [0.29, 0.717) is 6.42 Å². The van der Waals surface area contributed by atoms with E-state index in [-0.39, 0.29) is 11.2 Å². The van der Waals surface area contributed by atoms with Gasteiger partial charge in [0.25, 0.3) is 0 Å². The fourth-order valence-corrected chi connectivity index (χ4v) is 1.75. The molecule has 0 unspecified atom stereocenters. The summed E-state index contributed by atoms with van der Waals surface area (Å²) < 4.78 is 0. The van der Waals surface area contributed by atoms with Crippen LogP contribution in [0.2, 0.25) is 0 Å². The molecule has 16 heavy (non-hydrogen) atoms. The van der Waals surface area contributed by atoms with Crippen LogP contribution in [0.25, 0.3) is 0 Å². The zero-order valence-electron chi connectivity index (χ0n) is 11.1. The van der Waals surface area contributed by atoms with Gasteiger partial charge in [-0.1, -0.05) is 39.0 Å². The Hall–Kier alpha value is -1.11. The van der Waals surface area contributed by atoms with Crippen molar-refractivity contribution in [1.82, 2.24) is 0 Å². The largest absolute Gasteiger partial charge is 0.300 e. The Morgan fingerprint density at radius 3 is 2.31 bits per heavy atom. The first-order chi connectivity index (χ1) is 7.30. The number of carbonyl (C=O) groups is 1. The molecule has 1 rings (SSSR count). The van der Waals surface area contributed by atoms with E-state index < -0.39 is 0 Å². The minimum absolute atomic E-state index is 0.198. The summed E-state index contributed by atoms with van der Waals surface area (Å²) in [6.45, 7) is 10.4. The monoisotopic (exact) mass is 218 g/mol. The maximum absolute atomic E-state index is 11.0. The molecule has 0 aliphatic carbocycles. The number of benzene rings is 1. The van der Waals surface area contributed by atoms with Crippen molar-refractivity contribution in [2.45, 2.75) is 52.9 Å². The van der Waals surface area contributed by atoms with Gasteiger partial charge in [-0.2, -0.15) is 0 Å². The Kier molecular flexibility index (Phi) is 3.90. The molecule has 0 radical (unpaired) electrons. The lowest BCUT2D eigenvalue weighted by molar-refractivity contribution is -0.116. The van der Waals surface area contributed by atoms with Gasteiger partial charge in [0, 0.05) is 6.42 Å². The third kappa shape index (κ3) is 3.48. The molecule has 1 nitrogen and oxygen atoms in total. The van der Waals surface area contributed by atoms with Crippen molar-refractivity contribution >= 4 is 5.78 Å². The van der Waals surface area contributed by atoms with E-state index in [9.17, 15) is 4.79 Å². The number of ketones is 1. The molecule has 0 amide bonds. The molecule has 0 atom stereocenters. The van der Waals surface area contributed by atoms with Gasteiger partial charge in [0.2, 0.25) is 0 Å². The van der Waals surface area contributed by atoms with Crippen LogP contribution in [0, 0.1) is 6.92 Å². The van der Waals surface area contributed by atoms with Crippen molar-refractivity contribution in [1.29, 1.82) is 0 Å². The van der Waals surface area contributed by atoms with Crippen LogP contribution in [0.3, 0.4) is 0 Å². The van der Waals surface area contributed by atoms with E-state index in [0.717, 1.165) is 6.42 Å². The molecule has 0 aliphatic rings. The van der Waals surface area contributed by atoms with Gasteiger partial charge in [-0.05, 0) is 42.4 Å². The molecule has 1 heteroatoms. The molecule has 0 spiro atoms. The molecule has 0 N–H and O–H groups in total. The predicted octanol–water partition coefficient (Wildman–Crippen LogP) is 3.81. The molecule has 0 heterocycles. The molecule has 0 bridgehead atoms. The average molecular weight is 218 g/mol. The molecular weight excluding hydrogens is 196 g/mol. The SMILES string of the molecule is CC(=O)CCc1ccc(C(C)(C)C)cc1C. The Morgan fingerprint density at radius 2 is 1.88 bits per heavy atom. The van der Waals surface area contributed by atoms with Gasteiger partial charge >= 0.3 is 0 Å². The minimum Gasteiger partial charge on any atom is -0.300 e. The van der Waals surface area contributed by atoms with Crippen LogP contribution in [-0.2, 0) is 16.6 Å². The smallest absolute Gasteiger partial charge is 0.130 e. The highest BCUT2D eigenvalue weighted by molar-refractivity contribution is 5.75. The summed E-state index contributed by atoms with van der Waals surface area (Å²) in [5.41, 5.74) is 4.15. The van der Waals surface area contributed by atoms with Crippen LogP contribution in [0.5, 0.6) is 0 Å². The van der Waals surface area contributed by atoms with Crippen LogP contribution >= 0.6 is 0 Å². The van der Waals surface area contributed by atoms with Crippen molar-refractivity contribution < 1.29 is 4.79 Å². The maximum Gasteiger partial charge on any atom is 0.130 e. The number of aryl methyl sites for hydroxylation is 2. The third-order valence-electron chi connectivity index (χ3n) is 2.96. The summed E-state index contributed by atoms with van der Waals surface area (Å²) in [6.07, 6.45) is 1.52. The van der Waals surface area contributed by atoms with Gasteiger partial charge in [-0.15, -0.1) is 0 Å². The number of rotatable bonds is 3. The fraction of sp³-hybridized carbons (Fsp3) is 0.533. The van der Waals surface area contributed by atoms with E-state index in [2.05, 4.69) is 45.9 Å². The highest BCUT2D eigenvalue weighted by Crippen LogP contribution is 2.24. The zero-order valence-corrected chi connectivity index (χ0v) is 11.1. The minimum atomic E-state index is 0.198. The molecule has 1 aromatic rings. The summed E-state index contributed by atoms with van der Waals surface area (Å²) in [5.74, 6) is 0.263. The summed E-state index contributed by atoms with van der Waals surface area (Å²) in [4.78, 5) is 11.0. The first-order valence-electron chi connectivity index (χ1n) is 5.90. The number of Topliss-reactive ketones (excluding diaryl/α,β-unsaturated/α-hetero) is 1. The number of carbonyl (C=O) groups excluding carboxylic acids is 1. The topological polar surface area (TPSA) is 17.1 Å². The predicted molar refractivity (Wildman–Crippen MR) is 68.9 cm³/mol. The number of hydrogen-bond acceptors (Lipinski definition) is 1. The quantitative estimate of drug-likeness (QED) is 0.754. The first-order valence-corrected chi connectivity index (χ1v) is 5.90. The lowest BCUT2D eigenvalue weighted by atomic mass is 9.85. The fourth-order valence-electron chi connectivity index (χ4n) is 1.75. The highest BCUT2D eigenvalue weighted by Gasteiger charge is 2.14. The van der Waals surface area contributed by atoms with Gasteiger partial charge < -0.3 is 4.79 Å². The summed E-state index contributed by atoms with van der Waals surface area (Å²) >= 11 is 0. The Labute approximate surface area is 98.9 Å². The summed E-state index contributed by atoms with van der Waals surface area (Å²) in [6, 6.07) is 6.59. The van der Waals surface area contributed by atoms with Crippen LogP contribution in [0.1, 0.15) is 50.8 Å². The lowest BCUT2D eigenvalue weighted by Crippen LogP contribution is -2.11. The van der Waals surface area contributed by atoms with E-state index in [4.69, 9.17) is 0 Å². The second kappa shape index (κ2) is 4.82. The molecule has 1 aromatic carbocycles.